The van der Waals surface area contributed by atoms with Crippen LogP contribution in [0.3, 0.4) is 0 Å². The molecule has 1 aliphatic heterocycles. The predicted octanol–water partition coefficient (Wildman–Crippen LogP) is 4.59. The number of carbonyl (C=O) groups is 1. The second-order valence-electron chi connectivity index (χ2n) is 6.58. The number of ether oxygens (including phenoxy) is 2. The van der Waals surface area contributed by atoms with Gasteiger partial charge in [0.15, 0.2) is 17.0 Å². The average Bonchev–Trinajstić information content (AvgIpc) is 3.07. The van der Waals surface area contributed by atoms with Crippen LogP contribution in [0.4, 0.5) is 5.69 Å². The van der Waals surface area contributed by atoms with Crippen LogP contribution in [0, 0.1) is 0 Å². The summed E-state index contributed by atoms with van der Waals surface area (Å²) in [6, 6.07) is 12.1. The third-order valence-electron chi connectivity index (χ3n) is 4.63. The summed E-state index contributed by atoms with van der Waals surface area (Å²) in [5.74, 6) is 1.22. The fraction of sp³-hybridized carbons (Fsp3) is 0.261. The molecule has 3 rings (SSSR count). The van der Waals surface area contributed by atoms with E-state index in [-0.39, 0.29) is 11.4 Å². The number of carbonyl (C=O) groups excluding carboxylic acids is 1. The van der Waals surface area contributed by atoms with Gasteiger partial charge in [0.25, 0.3) is 5.91 Å². The lowest BCUT2D eigenvalue weighted by Gasteiger charge is -2.13. The van der Waals surface area contributed by atoms with Crippen LogP contribution in [0.5, 0.6) is 11.5 Å². The standard InChI is InChI=1S/C23H26N2O3S/c1-5-7-17-12-16(13-19(27-3)21(17)28-4)14-20-22(26)25-23(29-20)24-18-10-8-15(6-2)9-11-18/h5,8-14,23-24H,1,6-7H2,2-4H3,(H,25,26)/b20-14-/t23-/m0/s1. The number of methoxy groups -OCH3 is 2. The molecule has 5 nitrogen and oxygen atoms in total. The molecule has 0 spiro atoms. The Hall–Kier alpha value is -2.86. The summed E-state index contributed by atoms with van der Waals surface area (Å²) < 4.78 is 10.9. The minimum absolute atomic E-state index is 0.0993. The highest BCUT2D eigenvalue weighted by Gasteiger charge is 2.27. The lowest BCUT2D eigenvalue weighted by Crippen LogP contribution is -2.30. The van der Waals surface area contributed by atoms with E-state index >= 15 is 0 Å². The number of amides is 1. The molecule has 0 radical (unpaired) electrons. The van der Waals surface area contributed by atoms with E-state index < -0.39 is 0 Å². The quantitative estimate of drug-likeness (QED) is 0.492. The van der Waals surface area contributed by atoms with E-state index in [1.165, 1.54) is 17.3 Å². The van der Waals surface area contributed by atoms with Gasteiger partial charge in [-0.2, -0.15) is 0 Å². The van der Waals surface area contributed by atoms with Crippen molar-refractivity contribution in [2.45, 2.75) is 25.3 Å². The first-order valence-corrected chi connectivity index (χ1v) is 10.4. The van der Waals surface area contributed by atoms with Crippen LogP contribution in [0.15, 0.2) is 54.0 Å². The van der Waals surface area contributed by atoms with Crippen molar-refractivity contribution in [3.05, 3.63) is 70.6 Å². The highest BCUT2D eigenvalue weighted by molar-refractivity contribution is 8.05. The van der Waals surface area contributed by atoms with Gasteiger partial charge in [0.1, 0.15) is 0 Å². The van der Waals surface area contributed by atoms with Crippen LogP contribution in [0.1, 0.15) is 23.6 Å². The van der Waals surface area contributed by atoms with E-state index in [2.05, 4.69) is 36.3 Å². The van der Waals surface area contributed by atoms with Gasteiger partial charge < -0.3 is 20.1 Å². The zero-order valence-electron chi connectivity index (χ0n) is 17.0. The summed E-state index contributed by atoms with van der Waals surface area (Å²) in [5.41, 5.74) is 3.88. The van der Waals surface area contributed by atoms with Gasteiger partial charge in [-0.15, -0.1) is 6.58 Å². The van der Waals surface area contributed by atoms with Crippen molar-refractivity contribution in [2.24, 2.45) is 0 Å². The van der Waals surface area contributed by atoms with E-state index in [0.29, 0.717) is 22.8 Å². The molecule has 2 N–H and O–H groups in total. The van der Waals surface area contributed by atoms with Crippen molar-refractivity contribution in [3.63, 3.8) is 0 Å². The van der Waals surface area contributed by atoms with E-state index in [1.54, 1.807) is 14.2 Å². The van der Waals surface area contributed by atoms with Gasteiger partial charge in [0.05, 0.1) is 19.1 Å². The fourth-order valence-electron chi connectivity index (χ4n) is 3.16. The van der Waals surface area contributed by atoms with Crippen LogP contribution in [0.25, 0.3) is 6.08 Å². The van der Waals surface area contributed by atoms with Crippen molar-refractivity contribution in [1.82, 2.24) is 5.32 Å². The SMILES string of the molecule is C=CCc1cc(/C=C2\S[C@@H](Nc3ccc(CC)cc3)NC2=O)cc(OC)c1OC. The number of benzene rings is 2. The first-order chi connectivity index (χ1) is 14.1. The largest absolute Gasteiger partial charge is 0.493 e. The minimum atomic E-state index is -0.214. The molecule has 1 amide bonds. The summed E-state index contributed by atoms with van der Waals surface area (Å²) in [6.45, 7) is 5.93. The highest BCUT2D eigenvalue weighted by Crippen LogP contribution is 2.36. The Labute approximate surface area is 176 Å². The van der Waals surface area contributed by atoms with Gasteiger partial charge in [-0.05, 0) is 54.3 Å². The minimum Gasteiger partial charge on any atom is -0.493 e. The number of hydrogen-bond acceptors (Lipinski definition) is 5. The molecule has 6 heteroatoms. The molecule has 1 atom stereocenters. The summed E-state index contributed by atoms with van der Waals surface area (Å²) >= 11 is 1.46. The normalized spacial score (nSPS) is 17.1. The molecular formula is C23H26N2O3S. The number of aryl methyl sites for hydroxylation is 1. The smallest absolute Gasteiger partial charge is 0.260 e. The van der Waals surface area contributed by atoms with Gasteiger partial charge in [0, 0.05) is 11.3 Å². The van der Waals surface area contributed by atoms with Gasteiger partial charge in [-0.25, -0.2) is 0 Å². The first kappa shape index (κ1) is 20.9. The van der Waals surface area contributed by atoms with E-state index in [1.807, 2.05) is 36.4 Å². The third kappa shape index (κ3) is 4.95. The molecular weight excluding hydrogens is 384 g/mol. The fourth-order valence-corrected chi connectivity index (χ4v) is 4.15. The molecule has 1 fully saturated rings. The zero-order chi connectivity index (χ0) is 20.8. The Morgan fingerprint density at radius 3 is 2.59 bits per heavy atom. The van der Waals surface area contributed by atoms with Crippen LogP contribution in [0.2, 0.25) is 0 Å². The molecule has 1 saturated heterocycles. The Bertz CT molecular complexity index is 922. The molecule has 0 aliphatic carbocycles. The third-order valence-corrected chi connectivity index (χ3v) is 5.66. The number of rotatable bonds is 8. The summed E-state index contributed by atoms with van der Waals surface area (Å²) in [7, 11) is 3.22. The monoisotopic (exact) mass is 410 g/mol. The summed E-state index contributed by atoms with van der Waals surface area (Å²) in [4.78, 5) is 13.1. The maximum Gasteiger partial charge on any atom is 0.260 e. The molecule has 0 bridgehead atoms. The Balaban J connectivity index is 1.80. The van der Waals surface area contributed by atoms with Crippen molar-refractivity contribution >= 4 is 29.4 Å². The van der Waals surface area contributed by atoms with Crippen LogP contribution >= 0.6 is 11.8 Å². The molecule has 2 aromatic rings. The number of thioether (sulfide) groups is 1. The van der Waals surface area contributed by atoms with E-state index in [0.717, 1.165) is 23.2 Å². The molecule has 1 heterocycles. The summed E-state index contributed by atoms with van der Waals surface area (Å²) in [6.07, 6.45) is 5.33. The van der Waals surface area contributed by atoms with Crippen LogP contribution in [-0.2, 0) is 17.6 Å². The second kappa shape index (κ2) is 9.56. The van der Waals surface area contributed by atoms with Gasteiger partial charge in [-0.3, -0.25) is 4.79 Å². The topological polar surface area (TPSA) is 59.6 Å². The molecule has 29 heavy (non-hydrogen) atoms. The molecule has 0 saturated carbocycles. The molecule has 0 unspecified atom stereocenters. The lowest BCUT2D eigenvalue weighted by atomic mass is 10.0. The molecule has 2 aromatic carbocycles. The Kier molecular flexibility index (Phi) is 6.88. The highest BCUT2D eigenvalue weighted by atomic mass is 32.2. The number of anilines is 1. The average molecular weight is 411 g/mol. The van der Waals surface area contributed by atoms with E-state index in [4.69, 9.17) is 9.47 Å². The predicted molar refractivity (Wildman–Crippen MR) is 120 cm³/mol. The van der Waals surface area contributed by atoms with E-state index in [9.17, 15) is 4.79 Å². The maximum atomic E-state index is 12.5. The zero-order valence-corrected chi connectivity index (χ0v) is 17.8. The summed E-state index contributed by atoms with van der Waals surface area (Å²) in [5, 5.41) is 6.31. The van der Waals surface area contributed by atoms with Crippen LogP contribution in [-0.4, -0.2) is 25.6 Å². The Morgan fingerprint density at radius 2 is 1.97 bits per heavy atom. The lowest BCUT2D eigenvalue weighted by molar-refractivity contribution is -0.116. The van der Waals surface area contributed by atoms with Crippen LogP contribution < -0.4 is 20.1 Å². The van der Waals surface area contributed by atoms with Crippen molar-refractivity contribution < 1.29 is 14.3 Å². The first-order valence-electron chi connectivity index (χ1n) is 9.48. The molecule has 0 aromatic heterocycles. The van der Waals surface area contributed by atoms with Crippen molar-refractivity contribution in [1.29, 1.82) is 0 Å². The van der Waals surface area contributed by atoms with Crippen molar-refractivity contribution in [3.8, 4) is 11.5 Å². The van der Waals surface area contributed by atoms with Gasteiger partial charge in [-0.1, -0.05) is 36.9 Å². The molecule has 1 aliphatic rings. The number of hydrogen-bond donors (Lipinski definition) is 2. The molecule has 152 valence electrons. The number of allylic oxidation sites excluding steroid dienone is 1. The Morgan fingerprint density at radius 1 is 1.21 bits per heavy atom. The van der Waals surface area contributed by atoms with Gasteiger partial charge in [0.2, 0.25) is 0 Å². The van der Waals surface area contributed by atoms with Crippen molar-refractivity contribution in [2.75, 3.05) is 19.5 Å². The second-order valence-corrected chi connectivity index (χ2v) is 7.73. The van der Waals surface area contributed by atoms with Gasteiger partial charge >= 0.3 is 0 Å². The number of nitrogens with one attached hydrogen (secondary N) is 2. The maximum absolute atomic E-state index is 12.5.